The summed E-state index contributed by atoms with van der Waals surface area (Å²) >= 11 is 1.94. The highest BCUT2D eigenvalue weighted by Gasteiger charge is 2.08. The minimum Gasteiger partial charge on any atom is -0.383 e. The van der Waals surface area contributed by atoms with Crippen LogP contribution in [0.15, 0.2) is 23.1 Å². The fourth-order valence-corrected chi connectivity index (χ4v) is 2.45. The van der Waals surface area contributed by atoms with Crippen LogP contribution in [-0.4, -0.2) is 19.3 Å². The second-order valence-electron chi connectivity index (χ2n) is 3.14. The molecule has 0 atom stereocenters. The molecule has 0 aliphatic carbocycles. The number of hydrogen-bond donors (Lipinski definition) is 2. The molecule has 0 amide bonds. The van der Waals surface area contributed by atoms with Gasteiger partial charge in [0, 0.05) is 29.4 Å². The highest BCUT2D eigenvalue weighted by molar-refractivity contribution is 7.99. The van der Waals surface area contributed by atoms with E-state index in [2.05, 4.69) is 28.8 Å². The maximum absolute atomic E-state index is 3.39. The van der Waals surface area contributed by atoms with Crippen molar-refractivity contribution in [3.63, 3.8) is 0 Å². The number of nitrogens with one attached hydrogen (secondary N) is 2. The van der Waals surface area contributed by atoms with Crippen molar-refractivity contribution in [2.45, 2.75) is 11.4 Å². The number of fused-ring (bicyclic) bond motifs is 1. The van der Waals surface area contributed by atoms with Gasteiger partial charge in [0.15, 0.2) is 0 Å². The fourth-order valence-electron chi connectivity index (χ4n) is 1.49. The van der Waals surface area contributed by atoms with Gasteiger partial charge in [-0.1, -0.05) is 6.07 Å². The molecule has 1 aromatic carbocycles. The lowest BCUT2D eigenvalue weighted by Crippen LogP contribution is -2.11. The van der Waals surface area contributed by atoms with Crippen molar-refractivity contribution in [2.24, 2.45) is 0 Å². The Morgan fingerprint density at radius 3 is 3.31 bits per heavy atom. The molecule has 1 aliphatic rings. The Hall–Kier alpha value is -0.670. The van der Waals surface area contributed by atoms with E-state index < -0.39 is 0 Å². The van der Waals surface area contributed by atoms with Gasteiger partial charge in [-0.05, 0) is 24.7 Å². The van der Waals surface area contributed by atoms with E-state index in [1.165, 1.54) is 21.9 Å². The molecule has 0 radical (unpaired) electrons. The number of rotatable bonds is 2. The van der Waals surface area contributed by atoms with Gasteiger partial charge in [-0.2, -0.15) is 0 Å². The molecule has 2 N–H and O–H groups in total. The van der Waals surface area contributed by atoms with Crippen LogP contribution in [-0.2, 0) is 6.54 Å². The summed E-state index contributed by atoms with van der Waals surface area (Å²) < 4.78 is 0. The van der Waals surface area contributed by atoms with Crippen LogP contribution in [0.25, 0.3) is 0 Å². The quantitative estimate of drug-likeness (QED) is 0.752. The lowest BCUT2D eigenvalue weighted by molar-refractivity contribution is 0.815. The van der Waals surface area contributed by atoms with E-state index in [-0.39, 0.29) is 0 Å². The first-order valence-corrected chi connectivity index (χ1v) is 5.53. The molecular formula is C10H14N2S. The Labute approximate surface area is 83.1 Å². The number of benzene rings is 1. The summed E-state index contributed by atoms with van der Waals surface area (Å²) in [6.07, 6.45) is 0. The van der Waals surface area contributed by atoms with Gasteiger partial charge in [-0.3, -0.25) is 0 Å². The van der Waals surface area contributed by atoms with Crippen LogP contribution in [0.2, 0.25) is 0 Å². The Kier molecular flexibility index (Phi) is 2.76. The highest BCUT2D eigenvalue weighted by atomic mass is 32.2. The third-order valence-corrected chi connectivity index (χ3v) is 3.16. The summed E-state index contributed by atoms with van der Waals surface area (Å²) in [6, 6.07) is 6.62. The normalized spacial score (nSPS) is 14.8. The predicted molar refractivity (Wildman–Crippen MR) is 58.4 cm³/mol. The minimum atomic E-state index is 0.952. The van der Waals surface area contributed by atoms with Crippen molar-refractivity contribution in [2.75, 3.05) is 24.7 Å². The minimum absolute atomic E-state index is 0.952. The van der Waals surface area contributed by atoms with E-state index in [9.17, 15) is 0 Å². The second kappa shape index (κ2) is 4.03. The molecule has 2 nitrogen and oxygen atoms in total. The van der Waals surface area contributed by atoms with Gasteiger partial charge in [0.1, 0.15) is 0 Å². The summed E-state index contributed by atoms with van der Waals surface area (Å²) in [5.41, 5.74) is 2.65. The van der Waals surface area contributed by atoms with Crippen molar-refractivity contribution >= 4 is 17.4 Å². The Morgan fingerprint density at radius 1 is 1.54 bits per heavy atom. The molecule has 70 valence electrons. The first-order chi connectivity index (χ1) is 6.40. The summed E-state index contributed by atoms with van der Waals surface area (Å²) in [4.78, 5) is 1.39. The van der Waals surface area contributed by atoms with E-state index in [1.807, 2.05) is 18.8 Å². The molecule has 0 aromatic heterocycles. The number of anilines is 1. The average molecular weight is 194 g/mol. The van der Waals surface area contributed by atoms with E-state index in [0.717, 1.165) is 13.1 Å². The summed E-state index contributed by atoms with van der Waals surface area (Å²) in [5, 5.41) is 6.55. The van der Waals surface area contributed by atoms with Crippen LogP contribution >= 0.6 is 11.8 Å². The van der Waals surface area contributed by atoms with Crippen LogP contribution in [0.5, 0.6) is 0 Å². The zero-order valence-corrected chi connectivity index (χ0v) is 8.58. The van der Waals surface area contributed by atoms with Crippen molar-refractivity contribution in [1.82, 2.24) is 5.32 Å². The lowest BCUT2D eigenvalue weighted by atomic mass is 10.2. The molecule has 1 aliphatic heterocycles. The van der Waals surface area contributed by atoms with Crippen molar-refractivity contribution in [3.8, 4) is 0 Å². The maximum atomic E-state index is 3.39. The molecule has 0 unspecified atom stereocenters. The van der Waals surface area contributed by atoms with Crippen LogP contribution in [0.3, 0.4) is 0 Å². The van der Waals surface area contributed by atoms with Crippen LogP contribution in [0.1, 0.15) is 5.56 Å². The van der Waals surface area contributed by atoms with Gasteiger partial charge in [0.2, 0.25) is 0 Å². The monoisotopic (exact) mass is 194 g/mol. The molecule has 0 spiro atoms. The fraction of sp³-hybridized carbons (Fsp3) is 0.400. The molecular weight excluding hydrogens is 180 g/mol. The SMILES string of the molecule is CNCc1ccc2c(c1)SCCN2. The Bertz CT molecular complexity index is 299. The molecule has 1 heterocycles. The maximum Gasteiger partial charge on any atom is 0.0478 e. The molecule has 0 saturated heterocycles. The average Bonchev–Trinajstić information content (AvgIpc) is 2.18. The Morgan fingerprint density at radius 2 is 2.46 bits per heavy atom. The lowest BCUT2D eigenvalue weighted by Gasteiger charge is -2.17. The van der Waals surface area contributed by atoms with Gasteiger partial charge in [0.25, 0.3) is 0 Å². The van der Waals surface area contributed by atoms with Crippen molar-refractivity contribution in [3.05, 3.63) is 23.8 Å². The van der Waals surface area contributed by atoms with Crippen LogP contribution in [0, 0.1) is 0 Å². The molecule has 0 bridgehead atoms. The molecule has 2 rings (SSSR count). The topological polar surface area (TPSA) is 24.1 Å². The summed E-state index contributed by atoms with van der Waals surface area (Å²) in [5.74, 6) is 1.18. The summed E-state index contributed by atoms with van der Waals surface area (Å²) in [6.45, 7) is 2.04. The van der Waals surface area contributed by atoms with Gasteiger partial charge in [0.05, 0.1) is 0 Å². The Balaban J connectivity index is 2.24. The van der Waals surface area contributed by atoms with E-state index in [4.69, 9.17) is 0 Å². The molecule has 13 heavy (non-hydrogen) atoms. The van der Waals surface area contributed by atoms with Crippen LogP contribution in [0.4, 0.5) is 5.69 Å². The third kappa shape index (κ3) is 1.98. The first kappa shape index (κ1) is 8.91. The first-order valence-electron chi connectivity index (χ1n) is 4.54. The zero-order chi connectivity index (χ0) is 9.10. The number of thioether (sulfide) groups is 1. The molecule has 1 aromatic rings. The zero-order valence-electron chi connectivity index (χ0n) is 7.76. The van der Waals surface area contributed by atoms with Crippen LogP contribution < -0.4 is 10.6 Å². The van der Waals surface area contributed by atoms with Gasteiger partial charge in [-0.25, -0.2) is 0 Å². The molecule has 0 fully saturated rings. The standard InChI is InChI=1S/C10H14N2S/c1-11-7-8-2-3-9-10(6-8)13-5-4-12-9/h2-3,6,11-12H,4-5,7H2,1H3. The van der Waals surface area contributed by atoms with Gasteiger partial charge in [-0.15, -0.1) is 11.8 Å². The predicted octanol–water partition coefficient (Wildman–Crippen LogP) is 1.92. The van der Waals surface area contributed by atoms with Crippen molar-refractivity contribution < 1.29 is 0 Å². The smallest absolute Gasteiger partial charge is 0.0478 e. The number of hydrogen-bond acceptors (Lipinski definition) is 3. The second-order valence-corrected chi connectivity index (χ2v) is 4.27. The van der Waals surface area contributed by atoms with E-state index >= 15 is 0 Å². The largest absolute Gasteiger partial charge is 0.383 e. The molecule has 0 saturated carbocycles. The van der Waals surface area contributed by atoms with E-state index in [0.29, 0.717) is 0 Å². The summed E-state index contributed by atoms with van der Waals surface area (Å²) in [7, 11) is 1.98. The van der Waals surface area contributed by atoms with Gasteiger partial charge < -0.3 is 10.6 Å². The highest BCUT2D eigenvalue weighted by Crippen LogP contribution is 2.31. The van der Waals surface area contributed by atoms with E-state index in [1.54, 1.807) is 0 Å². The third-order valence-electron chi connectivity index (χ3n) is 2.10. The van der Waals surface area contributed by atoms with Gasteiger partial charge >= 0.3 is 0 Å². The van der Waals surface area contributed by atoms with Crippen molar-refractivity contribution in [1.29, 1.82) is 0 Å². The molecule has 3 heteroatoms.